The van der Waals surface area contributed by atoms with Crippen molar-refractivity contribution in [3.63, 3.8) is 0 Å². The van der Waals surface area contributed by atoms with Gasteiger partial charge in [-0.2, -0.15) is 12.1 Å². The average molecular weight is 915 g/mol. The van der Waals surface area contributed by atoms with Gasteiger partial charge in [-0.3, -0.25) is 0 Å². The number of para-hydroxylation sites is 2. The standard InChI is InChI=1S/C50H31N4O2.Pt/c1-4-13-34(14-5-1)36-23-26-45-43(27-36)41-25-24-40(29-46(41)54(45)50-30-49-44(31-51-50)42-21-10-11-22-48(42)56-49)55-39-20-12-19-38(28-39)53-33-52(37-17-8-3-9-18-37)32-47(53)35-15-6-2-7-16-35;/h1-27,30-33H;/q-3;. The summed E-state index contributed by atoms with van der Waals surface area (Å²) in [6.07, 6.45) is 4.05. The van der Waals surface area contributed by atoms with Gasteiger partial charge in [-0.05, 0) is 52.5 Å². The molecule has 1 aliphatic rings. The van der Waals surface area contributed by atoms with Crippen LogP contribution in [-0.2, 0) is 21.1 Å². The number of furan rings is 1. The molecule has 4 heterocycles. The van der Waals surface area contributed by atoms with Crippen LogP contribution in [0.2, 0.25) is 0 Å². The summed E-state index contributed by atoms with van der Waals surface area (Å²) in [7, 11) is 0. The molecule has 0 aliphatic carbocycles. The predicted molar refractivity (Wildman–Crippen MR) is 226 cm³/mol. The van der Waals surface area contributed by atoms with Crippen molar-refractivity contribution in [1.82, 2.24) is 9.55 Å². The molecule has 0 N–H and O–H groups in total. The van der Waals surface area contributed by atoms with E-state index in [1.807, 2.05) is 85.1 Å². The minimum atomic E-state index is 0. The van der Waals surface area contributed by atoms with Gasteiger partial charge in [-0.1, -0.05) is 115 Å². The molecule has 11 rings (SSSR count). The number of aromatic nitrogens is 2. The zero-order chi connectivity index (χ0) is 37.0. The summed E-state index contributed by atoms with van der Waals surface area (Å²) in [5.74, 6) is 1.88. The smallest absolute Gasteiger partial charge is 0.140 e. The molecule has 7 heteroatoms. The predicted octanol–water partition coefficient (Wildman–Crippen LogP) is 12.6. The number of nitrogens with zero attached hydrogens (tertiary/aromatic N) is 4. The fourth-order valence-corrected chi connectivity index (χ4v) is 7.69. The van der Waals surface area contributed by atoms with Gasteiger partial charge < -0.3 is 23.5 Å². The average Bonchev–Trinajstić information content (AvgIpc) is 3.96. The third-order valence-corrected chi connectivity index (χ3v) is 10.4. The van der Waals surface area contributed by atoms with Crippen LogP contribution in [0.3, 0.4) is 0 Å². The first-order chi connectivity index (χ1) is 27.7. The van der Waals surface area contributed by atoms with Crippen LogP contribution in [0.15, 0.2) is 187 Å². The number of anilines is 2. The van der Waals surface area contributed by atoms with E-state index in [1.54, 1.807) is 0 Å². The Hall–Kier alpha value is -6.88. The molecule has 3 aromatic heterocycles. The molecule has 0 unspecified atom stereocenters. The van der Waals surface area contributed by atoms with E-state index in [2.05, 4.69) is 130 Å². The largest absolute Gasteiger partial charge is 0.509 e. The molecule has 0 spiro atoms. The monoisotopic (exact) mass is 914 g/mol. The second-order valence-corrected chi connectivity index (χ2v) is 13.8. The molecule has 0 fully saturated rings. The van der Waals surface area contributed by atoms with Crippen molar-refractivity contribution in [2.45, 2.75) is 0 Å². The number of hydrogen-bond donors (Lipinski definition) is 0. The number of benzene rings is 7. The van der Waals surface area contributed by atoms with Crippen LogP contribution in [-0.4, -0.2) is 9.55 Å². The van der Waals surface area contributed by atoms with Crippen LogP contribution in [0.5, 0.6) is 11.5 Å². The minimum absolute atomic E-state index is 0. The first kappa shape index (κ1) is 34.6. The summed E-state index contributed by atoms with van der Waals surface area (Å²) in [5, 5.41) is 4.16. The Kier molecular flexibility index (Phi) is 8.69. The fraction of sp³-hybridized carbons (Fsp3) is 0. The van der Waals surface area contributed by atoms with Crippen molar-refractivity contribution in [2.24, 2.45) is 0 Å². The van der Waals surface area contributed by atoms with Crippen LogP contribution >= 0.6 is 0 Å². The van der Waals surface area contributed by atoms with Crippen LogP contribution in [0, 0.1) is 18.8 Å². The summed E-state index contributed by atoms with van der Waals surface area (Å²) in [6.45, 7) is 2.08. The number of fused-ring (bicyclic) bond motifs is 6. The van der Waals surface area contributed by atoms with Crippen molar-refractivity contribution in [3.8, 4) is 28.4 Å². The first-order valence-corrected chi connectivity index (χ1v) is 18.5. The first-order valence-electron chi connectivity index (χ1n) is 18.5. The molecule has 276 valence electrons. The Morgan fingerprint density at radius 3 is 2.12 bits per heavy atom. The Bertz CT molecular complexity index is 3100. The minimum Gasteiger partial charge on any atom is -0.509 e. The summed E-state index contributed by atoms with van der Waals surface area (Å²) in [5.41, 5.74) is 9.81. The molecule has 0 bridgehead atoms. The third-order valence-electron chi connectivity index (χ3n) is 10.4. The Labute approximate surface area is 343 Å². The Balaban J connectivity index is 0.00000396. The van der Waals surface area contributed by atoms with Gasteiger partial charge in [0.1, 0.15) is 17.0 Å². The normalized spacial score (nSPS) is 12.7. The maximum Gasteiger partial charge on any atom is 0.140 e. The van der Waals surface area contributed by atoms with Gasteiger partial charge in [0.15, 0.2) is 0 Å². The topological polar surface area (TPSA) is 46.7 Å². The van der Waals surface area contributed by atoms with E-state index in [-0.39, 0.29) is 21.1 Å². The molecule has 0 saturated heterocycles. The summed E-state index contributed by atoms with van der Waals surface area (Å²) in [6, 6.07) is 65.0. The third kappa shape index (κ3) is 6.15. The molecule has 6 nitrogen and oxygen atoms in total. The van der Waals surface area contributed by atoms with Gasteiger partial charge in [0.2, 0.25) is 0 Å². The maximum atomic E-state index is 6.59. The van der Waals surface area contributed by atoms with Gasteiger partial charge >= 0.3 is 0 Å². The van der Waals surface area contributed by atoms with Crippen molar-refractivity contribution in [2.75, 3.05) is 9.80 Å². The summed E-state index contributed by atoms with van der Waals surface area (Å²) in [4.78, 5) is 9.27. The van der Waals surface area contributed by atoms with Crippen LogP contribution in [0.1, 0.15) is 5.56 Å². The molecule has 0 amide bonds. The maximum absolute atomic E-state index is 6.59. The zero-order valence-corrected chi connectivity index (χ0v) is 32.6. The Morgan fingerprint density at radius 2 is 1.30 bits per heavy atom. The second kappa shape index (κ2) is 14.3. The molecule has 0 saturated carbocycles. The van der Waals surface area contributed by atoms with E-state index in [0.29, 0.717) is 11.5 Å². The number of pyridine rings is 1. The van der Waals surface area contributed by atoms with E-state index in [1.165, 1.54) is 0 Å². The fourth-order valence-electron chi connectivity index (χ4n) is 7.69. The molecular formula is C50H31N4O2Pt-3. The Morgan fingerprint density at radius 1 is 0.561 bits per heavy atom. The van der Waals surface area contributed by atoms with E-state index >= 15 is 0 Å². The van der Waals surface area contributed by atoms with Gasteiger partial charge in [-0.15, -0.1) is 48.1 Å². The molecule has 0 atom stereocenters. The van der Waals surface area contributed by atoms with Crippen molar-refractivity contribution in [1.29, 1.82) is 0 Å². The van der Waals surface area contributed by atoms with E-state index < -0.39 is 0 Å². The molecule has 57 heavy (non-hydrogen) atoms. The van der Waals surface area contributed by atoms with E-state index in [9.17, 15) is 0 Å². The molecular weight excluding hydrogens is 884 g/mol. The quantitative estimate of drug-likeness (QED) is 0.149. The second-order valence-electron chi connectivity index (χ2n) is 13.8. The molecule has 7 aromatic carbocycles. The van der Waals surface area contributed by atoms with E-state index in [0.717, 1.165) is 83.3 Å². The van der Waals surface area contributed by atoms with Gasteiger partial charge in [0.25, 0.3) is 0 Å². The van der Waals surface area contributed by atoms with Gasteiger partial charge in [0.05, 0.1) is 0 Å². The summed E-state index contributed by atoms with van der Waals surface area (Å²) < 4.78 is 15.0. The van der Waals surface area contributed by atoms with Crippen LogP contribution < -0.4 is 14.5 Å². The summed E-state index contributed by atoms with van der Waals surface area (Å²) >= 11 is 0. The number of rotatable bonds is 7. The molecule has 10 aromatic rings. The van der Waals surface area contributed by atoms with Crippen molar-refractivity contribution in [3.05, 3.63) is 207 Å². The van der Waals surface area contributed by atoms with Crippen molar-refractivity contribution >= 4 is 60.8 Å². The molecule has 0 radical (unpaired) electrons. The van der Waals surface area contributed by atoms with Gasteiger partial charge in [0, 0.05) is 72.5 Å². The zero-order valence-electron chi connectivity index (χ0n) is 30.3. The van der Waals surface area contributed by atoms with E-state index in [4.69, 9.17) is 14.1 Å². The molecule has 1 aliphatic heterocycles. The SMILES string of the molecule is [Pt].[c-]1c(Oc2[c-]c3c(cc2)c2cc(-c4ccccc4)ccc2n3-c2cc3oc4ccccc4c3cn2)cccc1N1[CH-]N(c2ccccc2)C=C1c1ccccc1. The number of ether oxygens (including phenoxy) is 1. The van der Waals surface area contributed by atoms with Crippen molar-refractivity contribution < 1.29 is 30.2 Å². The van der Waals surface area contributed by atoms with Crippen LogP contribution in [0.25, 0.3) is 66.4 Å². The van der Waals surface area contributed by atoms with Gasteiger partial charge in [-0.25, -0.2) is 4.98 Å². The van der Waals surface area contributed by atoms with Crippen LogP contribution in [0.4, 0.5) is 11.4 Å². The number of hydrogen-bond acceptors (Lipinski definition) is 5.